The lowest BCUT2D eigenvalue weighted by atomic mass is 9.55. The Balaban J connectivity index is 1.41. The summed E-state index contributed by atoms with van der Waals surface area (Å²) in [5.41, 5.74) is 0.221. The van der Waals surface area contributed by atoms with E-state index in [1.165, 1.54) is 6.07 Å². The minimum atomic E-state index is -2.97. The summed E-state index contributed by atoms with van der Waals surface area (Å²) in [6.45, 7) is 2.76. The summed E-state index contributed by atoms with van der Waals surface area (Å²) in [6, 6.07) is 4.99. The van der Waals surface area contributed by atoms with E-state index in [4.69, 9.17) is 0 Å². The fourth-order valence-corrected chi connectivity index (χ4v) is 4.59. The molecular formula is C20H25F2N3O2. The van der Waals surface area contributed by atoms with E-state index in [0.717, 1.165) is 5.39 Å². The molecule has 1 saturated heterocycles. The van der Waals surface area contributed by atoms with Gasteiger partial charge in [-0.1, -0.05) is 6.92 Å². The number of carbonyl (C=O) groups is 1. The van der Waals surface area contributed by atoms with Gasteiger partial charge in [0.05, 0.1) is 12.5 Å². The highest BCUT2D eigenvalue weighted by Gasteiger charge is 2.61. The maximum atomic E-state index is 15.0. The van der Waals surface area contributed by atoms with Crippen LogP contribution in [0, 0.1) is 17.3 Å². The summed E-state index contributed by atoms with van der Waals surface area (Å²) in [7, 11) is 1.80. The number of fused-ring (bicyclic) bond motifs is 1. The molecule has 27 heavy (non-hydrogen) atoms. The first-order valence-corrected chi connectivity index (χ1v) is 9.49. The standard InChI is InChI=1S/C20H25F2N3O2/c1-3-13(10-26)18(27)25-11-19(12-25)8-15(9-19)20(21,22)16-5-4-14-6-7-24(2)17(14)23-16/h4-7,13,15,26H,3,8-12H2,1-2H3/t13-/m1/s1. The third-order valence-corrected chi connectivity index (χ3v) is 6.36. The topological polar surface area (TPSA) is 58.4 Å². The predicted molar refractivity (Wildman–Crippen MR) is 97.2 cm³/mol. The minimum absolute atomic E-state index is 0.0586. The summed E-state index contributed by atoms with van der Waals surface area (Å²) < 4.78 is 31.7. The van der Waals surface area contributed by atoms with E-state index < -0.39 is 11.8 Å². The molecule has 1 amide bonds. The largest absolute Gasteiger partial charge is 0.396 e. The maximum Gasteiger partial charge on any atom is 0.292 e. The number of rotatable bonds is 5. The van der Waals surface area contributed by atoms with Gasteiger partial charge in [0.25, 0.3) is 5.92 Å². The molecule has 2 aromatic heterocycles. The van der Waals surface area contributed by atoms with Crippen LogP contribution in [-0.4, -0.2) is 45.2 Å². The molecule has 1 atom stereocenters. The average Bonchev–Trinajstić information content (AvgIpc) is 2.94. The number of hydrogen-bond donors (Lipinski definition) is 1. The molecule has 4 rings (SSSR count). The molecular weight excluding hydrogens is 352 g/mol. The van der Waals surface area contributed by atoms with Gasteiger partial charge in [-0.2, -0.15) is 8.78 Å². The highest BCUT2D eigenvalue weighted by atomic mass is 19.3. The van der Waals surface area contributed by atoms with E-state index in [1.807, 2.05) is 19.2 Å². The van der Waals surface area contributed by atoms with Gasteiger partial charge >= 0.3 is 0 Å². The third-order valence-electron chi connectivity index (χ3n) is 6.36. The van der Waals surface area contributed by atoms with Crippen LogP contribution in [0.3, 0.4) is 0 Å². The van der Waals surface area contributed by atoms with Crippen LogP contribution in [0.15, 0.2) is 24.4 Å². The molecule has 0 radical (unpaired) electrons. The van der Waals surface area contributed by atoms with Gasteiger partial charge in [0, 0.05) is 43.1 Å². The van der Waals surface area contributed by atoms with E-state index in [1.54, 1.807) is 22.6 Å². The van der Waals surface area contributed by atoms with Crippen LogP contribution in [0.25, 0.3) is 11.0 Å². The zero-order valence-corrected chi connectivity index (χ0v) is 15.7. The van der Waals surface area contributed by atoms with Crippen molar-refractivity contribution in [3.8, 4) is 0 Å². The second kappa shape index (κ2) is 6.26. The maximum absolute atomic E-state index is 15.0. The van der Waals surface area contributed by atoms with Gasteiger partial charge in [-0.25, -0.2) is 4.98 Å². The second-order valence-corrected chi connectivity index (χ2v) is 8.25. The fraction of sp³-hybridized carbons (Fsp3) is 0.600. The summed E-state index contributed by atoms with van der Waals surface area (Å²) in [4.78, 5) is 18.2. The molecule has 1 saturated carbocycles. The van der Waals surface area contributed by atoms with Crippen molar-refractivity contribution < 1.29 is 18.7 Å². The van der Waals surface area contributed by atoms with E-state index in [2.05, 4.69) is 4.98 Å². The van der Waals surface area contributed by atoms with Crippen LogP contribution in [0.5, 0.6) is 0 Å². The lowest BCUT2D eigenvalue weighted by molar-refractivity contribution is -0.194. The Kier molecular flexibility index (Phi) is 4.25. The van der Waals surface area contributed by atoms with Crippen molar-refractivity contribution in [1.82, 2.24) is 14.5 Å². The van der Waals surface area contributed by atoms with Crippen molar-refractivity contribution in [3.63, 3.8) is 0 Å². The van der Waals surface area contributed by atoms with E-state index in [-0.39, 0.29) is 29.5 Å². The number of aliphatic hydroxyl groups excluding tert-OH is 1. The first-order chi connectivity index (χ1) is 12.8. The number of aryl methyl sites for hydroxylation is 1. The Hall–Kier alpha value is -2.02. The van der Waals surface area contributed by atoms with Gasteiger partial charge < -0.3 is 14.6 Å². The van der Waals surface area contributed by atoms with Gasteiger partial charge in [0.1, 0.15) is 11.3 Å². The minimum Gasteiger partial charge on any atom is -0.396 e. The van der Waals surface area contributed by atoms with Gasteiger partial charge in [-0.3, -0.25) is 4.79 Å². The number of aliphatic hydroxyl groups is 1. The van der Waals surface area contributed by atoms with Crippen molar-refractivity contribution in [3.05, 3.63) is 30.1 Å². The lowest BCUT2D eigenvalue weighted by Crippen LogP contribution is -2.66. The Morgan fingerprint density at radius 2 is 2.07 bits per heavy atom. The molecule has 0 unspecified atom stereocenters. The number of nitrogens with zero attached hydrogens (tertiary/aromatic N) is 3. The number of aromatic nitrogens is 2. The van der Waals surface area contributed by atoms with E-state index >= 15 is 0 Å². The van der Waals surface area contributed by atoms with Crippen LogP contribution < -0.4 is 0 Å². The molecule has 2 aliphatic rings. The molecule has 2 fully saturated rings. The van der Waals surface area contributed by atoms with Crippen LogP contribution >= 0.6 is 0 Å². The predicted octanol–water partition coefficient (Wildman–Crippen LogP) is 2.92. The molecule has 146 valence electrons. The molecule has 7 heteroatoms. The average molecular weight is 377 g/mol. The van der Waals surface area contributed by atoms with Gasteiger partial charge in [-0.05, 0) is 37.5 Å². The number of hydrogen-bond acceptors (Lipinski definition) is 3. The van der Waals surface area contributed by atoms with Crippen LogP contribution in [-0.2, 0) is 17.8 Å². The number of halogens is 2. The first kappa shape index (κ1) is 18.3. The number of likely N-dealkylation sites (tertiary alicyclic amines) is 1. The van der Waals surface area contributed by atoms with Gasteiger partial charge in [0.2, 0.25) is 5.91 Å². The highest BCUT2D eigenvalue weighted by Crippen LogP contribution is 2.59. The molecule has 2 aromatic rings. The molecule has 1 N–H and O–H groups in total. The third kappa shape index (κ3) is 2.83. The summed E-state index contributed by atoms with van der Waals surface area (Å²) >= 11 is 0. The molecule has 3 heterocycles. The first-order valence-electron chi connectivity index (χ1n) is 9.49. The zero-order chi connectivity index (χ0) is 19.4. The van der Waals surface area contributed by atoms with Crippen LogP contribution in [0.4, 0.5) is 8.78 Å². The highest BCUT2D eigenvalue weighted by molar-refractivity contribution is 5.80. The van der Waals surface area contributed by atoms with Crippen molar-refractivity contribution in [2.45, 2.75) is 32.1 Å². The monoisotopic (exact) mass is 377 g/mol. The zero-order valence-electron chi connectivity index (χ0n) is 15.7. The Bertz CT molecular complexity index is 861. The lowest BCUT2D eigenvalue weighted by Gasteiger charge is -2.60. The van der Waals surface area contributed by atoms with Gasteiger partial charge in [-0.15, -0.1) is 0 Å². The van der Waals surface area contributed by atoms with E-state index in [0.29, 0.717) is 38.0 Å². The molecule has 1 aliphatic heterocycles. The second-order valence-electron chi connectivity index (χ2n) is 8.25. The van der Waals surface area contributed by atoms with E-state index in [9.17, 15) is 18.7 Å². The van der Waals surface area contributed by atoms with Gasteiger partial charge in [0.15, 0.2) is 0 Å². The molecule has 1 spiro atoms. The van der Waals surface area contributed by atoms with Crippen LogP contribution in [0.2, 0.25) is 0 Å². The van der Waals surface area contributed by atoms with Crippen LogP contribution in [0.1, 0.15) is 31.9 Å². The summed E-state index contributed by atoms with van der Waals surface area (Å²) in [5, 5.41) is 10.1. The normalized spacial score (nSPS) is 20.6. The van der Waals surface area contributed by atoms with Crippen molar-refractivity contribution in [2.24, 2.45) is 24.3 Å². The number of alkyl halides is 2. The van der Waals surface area contributed by atoms with Crippen molar-refractivity contribution >= 4 is 16.9 Å². The summed E-state index contributed by atoms with van der Waals surface area (Å²) in [5.74, 6) is -4.14. The Morgan fingerprint density at radius 1 is 1.37 bits per heavy atom. The molecule has 0 bridgehead atoms. The van der Waals surface area contributed by atoms with Crippen molar-refractivity contribution in [2.75, 3.05) is 19.7 Å². The molecule has 5 nitrogen and oxygen atoms in total. The molecule has 1 aliphatic carbocycles. The summed E-state index contributed by atoms with van der Waals surface area (Å²) in [6.07, 6.45) is 3.22. The SMILES string of the molecule is CC[C@H](CO)C(=O)N1CC2(CC(C(F)(F)c3ccc4ccn(C)c4n3)C2)C1. The fourth-order valence-electron chi connectivity index (χ4n) is 4.59. The number of amides is 1. The molecule has 0 aromatic carbocycles. The Morgan fingerprint density at radius 3 is 2.70 bits per heavy atom. The smallest absolute Gasteiger partial charge is 0.292 e. The quantitative estimate of drug-likeness (QED) is 0.872. The number of carbonyl (C=O) groups excluding carboxylic acids is 1. The van der Waals surface area contributed by atoms with Crippen molar-refractivity contribution in [1.29, 1.82) is 0 Å². The number of pyridine rings is 1. The Labute approximate surface area is 157 Å².